The molecule has 1 aromatic carbocycles. The van der Waals surface area contributed by atoms with E-state index in [4.69, 9.17) is 9.47 Å². The maximum Gasteiger partial charge on any atom is 0.253 e. The van der Waals surface area contributed by atoms with E-state index in [0.717, 1.165) is 38.0 Å². The fourth-order valence-electron chi connectivity index (χ4n) is 3.07. The van der Waals surface area contributed by atoms with Crippen molar-refractivity contribution in [2.75, 3.05) is 50.1 Å². The van der Waals surface area contributed by atoms with Gasteiger partial charge in [0.2, 0.25) is 6.41 Å². The third-order valence-corrected chi connectivity index (χ3v) is 4.49. The maximum atomic E-state index is 12.3. The lowest BCUT2D eigenvalue weighted by Crippen LogP contribution is -2.45. The van der Waals surface area contributed by atoms with Crippen molar-refractivity contribution in [1.29, 1.82) is 0 Å². The van der Waals surface area contributed by atoms with E-state index in [1.54, 1.807) is 12.0 Å². The largest absolute Gasteiger partial charge is 0.495 e. The lowest BCUT2D eigenvalue weighted by Gasteiger charge is -2.34. The number of benzene rings is 1. The zero-order valence-corrected chi connectivity index (χ0v) is 13.9. The van der Waals surface area contributed by atoms with Crippen LogP contribution in [-0.4, -0.2) is 63.2 Å². The molecule has 2 aliphatic rings. The summed E-state index contributed by atoms with van der Waals surface area (Å²) in [6, 6.07) is 5.74. The molecule has 130 valence electrons. The van der Waals surface area contributed by atoms with Crippen LogP contribution in [0.1, 0.15) is 12.8 Å². The van der Waals surface area contributed by atoms with E-state index in [9.17, 15) is 9.59 Å². The van der Waals surface area contributed by atoms with E-state index >= 15 is 0 Å². The number of carbonyl (C=O) groups excluding carboxylic acids is 2. The lowest BCUT2D eigenvalue weighted by molar-refractivity contribution is -0.124. The van der Waals surface area contributed by atoms with Crippen LogP contribution in [0.25, 0.3) is 0 Å². The number of carbonyl (C=O) groups is 2. The van der Waals surface area contributed by atoms with Gasteiger partial charge in [0.25, 0.3) is 5.91 Å². The van der Waals surface area contributed by atoms with Crippen molar-refractivity contribution < 1.29 is 19.1 Å². The molecule has 24 heavy (non-hydrogen) atoms. The van der Waals surface area contributed by atoms with Crippen molar-refractivity contribution in [1.82, 2.24) is 4.90 Å². The Morgan fingerprint density at radius 2 is 2.12 bits per heavy atom. The Morgan fingerprint density at radius 3 is 2.75 bits per heavy atom. The first-order valence-corrected chi connectivity index (χ1v) is 8.26. The molecule has 1 aromatic rings. The third kappa shape index (κ3) is 3.62. The number of anilines is 2. The minimum absolute atomic E-state index is 0.131. The number of methoxy groups -OCH3 is 1. The van der Waals surface area contributed by atoms with E-state index in [-0.39, 0.29) is 12.0 Å². The topological polar surface area (TPSA) is 71.1 Å². The quantitative estimate of drug-likeness (QED) is 0.817. The molecule has 2 amide bonds. The minimum atomic E-state index is -0.380. The van der Waals surface area contributed by atoms with Crippen LogP contribution in [-0.2, 0) is 14.3 Å². The second kappa shape index (κ2) is 7.53. The highest BCUT2D eigenvalue weighted by Gasteiger charge is 2.25. The monoisotopic (exact) mass is 333 g/mol. The van der Waals surface area contributed by atoms with E-state index < -0.39 is 0 Å². The molecule has 2 fully saturated rings. The van der Waals surface area contributed by atoms with Crippen molar-refractivity contribution in [2.24, 2.45) is 0 Å². The van der Waals surface area contributed by atoms with Crippen molar-refractivity contribution >= 4 is 23.7 Å². The van der Waals surface area contributed by atoms with E-state index in [1.165, 1.54) is 0 Å². The van der Waals surface area contributed by atoms with Crippen LogP contribution in [0, 0.1) is 0 Å². The van der Waals surface area contributed by atoms with Gasteiger partial charge < -0.3 is 24.6 Å². The molecule has 2 aliphatic heterocycles. The Hall–Kier alpha value is -2.28. The fraction of sp³-hybridized carbons (Fsp3) is 0.529. The summed E-state index contributed by atoms with van der Waals surface area (Å²) in [7, 11) is 1.58. The average molecular weight is 333 g/mol. The number of rotatable bonds is 5. The van der Waals surface area contributed by atoms with Crippen LogP contribution in [0.3, 0.4) is 0 Å². The minimum Gasteiger partial charge on any atom is -0.495 e. The van der Waals surface area contributed by atoms with Crippen LogP contribution < -0.4 is 15.0 Å². The van der Waals surface area contributed by atoms with Crippen LogP contribution >= 0.6 is 0 Å². The molecule has 1 atom stereocenters. The molecular weight excluding hydrogens is 310 g/mol. The normalized spacial score (nSPS) is 20.8. The predicted octanol–water partition coefficient (Wildman–Crippen LogP) is 1.09. The molecule has 2 heterocycles. The first kappa shape index (κ1) is 16.6. The predicted molar refractivity (Wildman–Crippen MR) is 90.4 cm³/mol. The summed E-state index contributed by atoms with van der Waals surface area (Å²) >= 11 is 0. The molecule has 1 N–H and O–H groups in total. The van der Waals surface area contributed by atoms with Crippen molar-refractivity contribution in [3.63, 3.8) is 0 Å². The zero-order valence-electron chi connectivity index (χ0n) is 13.9. The van der Waals surface area contributed by atoms with E-state index in [1.807, 2.05) is 18.2 Å². The van der Waals surface area contributed by atoms with Gasteiger partial charge in [-0.15, -0.1) is 0 Å². The molecule has 2 saturated heterocycles. The number of amides is 2. The summed E-state index contributed by atoms with van der Waals surface area (Å²) in [6.45, 7) is 3.57. The van der Waals surface area contributed by atoms with Crippen LogP contribution in [0.5, 0.6) is 5.75 Å². The van der Waals surface area contributed by atoms with Gasteiger partial charge in [-0.2, -0.15) is 0 Å². The van der Waals surface area contributed by atoms with Gasteiger partial charge in [-0.3, -0.25) is 9.59 Å². The second-order valence-corrected chi connectivity index (χ2v) is 6.00. The second-order valence-electron chi connectivity index (χ2n) is 6.00. The number of nitrogens with one attached hydrogen (secondary N) is 1. The molecule has 7 nitrogen and oxygen atoms in total. The van der Waals surface area contributed by atoms with Gasteiger partial charge in [-0.05, 0) is 31.0 Å². The molecule has 0 bridgehead atoms. The Labute approximate surface area is 141 Å². The van der Waals surface area contributed by atoms with E-state index in [0.29, 0.717) is 31.1 Å². The number of hydrogen-bond acceptors (Lipinski definition) is 5. The van der Waals surface area contributed by atoms with Crippen LogP contribution in [0.2, 0.25) is 0 Å². The summed E-state index contributed by atoms with van der Waals surface area (Å²) in [4.78, 5) is 27.1. The van der Waals surface area contributed by atoms with Crippen molar-refractivity contribution in [3.05, 3.63) is 18.2 Å². The Bertz CT molecular complexity index is 593. The molecule has 3 rings (SSSR count). The summed E-state index contributed by atoms with van der Waals surface area (Å²) < 4.78 is 10.8. The van der Waals surface area contributed by atoms with Gasteiger partial charge in [0, 0.05) is 38.5 Å². The first-order valence-electron chi connectivity index (χ1n) is 8.26. The number of piperazine rings is 1. The lowest BCUT2D eigenvalue weighted by atomic mass is 10.2. The molecule has 1 unspecified atom stereocenters. The molecule has 0 spiro atoms. The number of ether oxygens (including phenoxy) is 2. The van der Waals surface area contributed by atoms with Gasteiger partial charge in [0.15, 0.2) is 0 Å². The Kier molecular flexibility index (Phi) is 5.20. The number of hydrogen-bond donors (Lipinski definition) is 1. The van der Waals surface area contributed by atoms with Gasteiger partial charge in [0.1, 0.15) is 11.9 Å². The third-order valence-electron chi connectivity index (χ3n) is 4.49. The Balaban J connectivity index is 1.73. The highest BCUT2D eigenvalue weighted by molar-refractivity contribution is 5.96. The molecule has 0 radical (unpaired) electrons. The highest BCUT2D eigenvalue weighted by atomic mass is 16.5. The number of nitrogens with zero attached hydrogens (tertiary/aromatic N) is 2. The van der Waals surface area contributed by atoms with Gasteiger partial charge in [-0.1, -0.05) is 0 Å². The maximum absolute atomic E-state index is 12.3. The van der Waals surface area contributed by atoms with Gasteiger partial charge >= 0.3 is 0 Å². The van der Waals surface area contributed by atoms with Crippen LogP contribution in [0.4, 0.5) is 11.4 Å². The summed E-state index contributed by atoms with van der Waals surface area (Å²) in [5.41, 5.74) is 1.65. The molecule has 0 saturated carbocycles. The van der Waals surface area contributed by atoms with Gasteiger partial charge in [-0.25, -0.2) is 0 Å². The molecule has 0 aliphatic carbocycles. The summed E-state index contributed by atoms with van der Waals surface area (Å²) in [6.07, 6.45) is 2.17. The van der Waals surface area contributed by atoms with Crippen LogP contribution in [0.15, 0.2) is 18.2 Å². The fourth-order valence-corrected chi connectivity index (χ4v) is 3.07. The van der Waals surface area contributed by atoms with Crippen molar-refractivity contribution in [2.45, 2.75) is 18.9 Å². The molecular formula is C17H23N3O4. The zero-order chi connectivity index (χ0) is 16.9. The highest BCUT2D eigenvalue weighted by Crippen LogP contribution is 2.30. The standard InChI is InChI=1S/C17H23N3O4/c1-23-15-5-4-13(20-8-6-19(12-21)7-9-20)11-14(15)18-17(22)16-3-2-10-24-16/h4-5,11-12,16H,2-3,6-10H2,1H3,(H,18,22). The SMILES string of the molecule is COc1ccc(N2CCN(C=O)CC2)cc1NC(=O)C1CCCO1. The van der Waals surface area contributed by atoms with Gasteiger partial charge in [0.05, 0.1) is 12.8 Å². The first-order chi connectivity index (χ1) is 11.7. The van der Waals surface area contributed by atoms with E-state index in [2.05, 4.69) is 10.2 Å². The molecule has 7 heteroatoms. The Morgan fingerprint density at radius 1 is 1.33 bits per heavy atom. The summed E-state index contributed by atoms with van der Waals surface area (Å²) in [5.74, 6) is 0.491. The smallest absolute Gasteiger partial charge is 0.253 e. The average Bonchev–Trinajstić information content (AvgIpc) is 3.16. The summed E-state index contributed by atoms with van der Waals surface area (Å²) in [5, 5.41) is 2.92. The van der Waals surface area contributed by atoms with Crippen molar-refractivity contribution in [3.8, 4) is 5.75 Å². The molecule has 0 aromatic heterocycles.